The van der Waals surface area contributed by atoms with E-state index < -0.39 is 4.92 Å². The van der Waals surface area contributed by atoms with Gasteiger partial charge in [-0.1, -0.05) is 23.7 Å². The molecule has 6 heteroatoms. The van der Waals surface area contributed by atoms with Gasteiger partial charge in [0.2, 0.25) is 5.91 Å². The van der Waals surface area contributed by atoms with Crippen LogP contribution in [0.1, 0.15) is 5.56 Å². The molecule has 21 heavy (non-hydrogen) atoms. The molecule has 0 aliphatic heterocycles. The van der Waals surface area contributed by atoms with E-state index >= 15 is 0 Å². The summed E-state index contributed by atoms with van der Waals surface area (Å²) in [5, 5.41) is 11.3. The lowest BCUT2D eigenvalue weighted by Crippen LogP contribution is -2.27. The number of rotatable bonds is 4. The Kier molecular flexibility index (Phi) is 4.55. The highest BCUT2D eigenvalue weighted by molar-refractivity contribution is 6.30. The van der Waals surface area contributed by atoms with Crippen LogP contribution < -0.4 is 4.90 Å². The van der Waals surface area contributed by atoms with Crippen LogP contribution in [0.2, 0.25) is 5.02 Å². The van der Waals surface area contributed by atoms with Crippen LogP contribution in [-0.2, 0) is 11.2 Å². The van der Waals surface area contributed by atoms with Gasteiger partial charge in [0.25, 0.3) is 5.69 Å². The quantitative estimate of drug-likeness (QED) is 0.642. The van der Waals surface area contributed by atoms with Gasteiger partial charge in [-0.05, 0) is 29.8 Å². The molecule has 0 N–H and O–H groups in total. The lowest BCUT2D eigenvalue weighted by atomic mass is 10.1. The predicted molar refractivity (Wildman–Crippen MR) is 81.7 cm³/mol. The van der Waals surface area contributed by atoms with Gasteiger partial charge in [-0.2, -0.15) is 0 Å². The molecule has 0 aliphatic rings. The van der Waals surface area contributed by atoms with Crippen molar-refractivity contribution in [3.63, 3.8) is 0 Å². The lowest BCUT2D eigenvalue weighted by Gasteiger charge is -2.17. The summed E-state index contributed by atoms with van der Waals surface area (Å²) in [5.41, 5.74) is 1.30. The third kappa shape index (κ3) is 3.79. The molecule has 0 unspecified atom stereocenters. The van der Waals surface area contributed by atoms with Crippen LogP contribution in [0.25, 0.3) is 0 Å². The van der Waals surface area contributed by atoms with Gasteiger partial charge in [0.1, 0.15) is 0 Å². The molecule has 5 nitrogen and oxygen atoms in total. The van der Waals surface area contributed by atoms with Crippen LogP contribution in [0.4, 0.5) is 11.4 Å². The van der Waals surface area contributed by atoms with E-state index in [-0.39, 0.29) is 18.0 Å². The van der Waals surface area contributed by atoms with E-state index in [1.807, 2.05) is 0 Å². The molecule has 0 atom stereocenters. The minimum Gasteiger partial charge on any atom is -0.315 e. The number of nitro benzene ring substituents is 1. The van der Waals surface area contributed by atoms with E-state index in [4.69, 9.17) is 11.6 Å². The molecule has 0 radical (unpaired) electrons. The molecule has 108 valence electrons. The smallest absolute Gasteiger partial charge is 0.269 e. The summed E-state index contributed by atoms with van der Waals surface area (Å²) in [7, 11) is 1.66. The summed E-state index contributed by atoms with van der Waals surface area (Å²) in [6.07, 6.45) is 0.0980. The molecule has 0 aromatic heterocycles. The van der Waals surface area contributed by atoms with E-state index in [0.29, 0.717) is 10.6 Å². The number of anilines is 1. The largest absolute Gasteiger partial charge is 0.315 e. The number of carbonyl (C=O) groups is 1. The molecule has 0 spiro atoms. The van der Waals surface area contributed by atoms with Crippen LogP contribution in [0.3, 0.4) is 0 Å². The molecular formula is C15H13ClN2O3. The first-order chi connectivity index (χ1) is 9.97. The molecule has 1 amide bonds. The summed E-state index contributed by atoms with van der Waals surface area (Å²) in [4.78, 5) is 23.9. The monoisotopic (exact) mass is 304 g/mol. The molecule has 0 fully saturated rings. The van der Waals surface area contributed by atoms with Crippen LogP contribution in [0, 0.1) is 10.1 Å². The fraction of sp³-hybridized carbons (Fsp3) is 0.133. The molecular weight excluding hydrogens is 292 g/mol. The topological polar surface area (TPSA) is 63.5 Å². The van der Waals surface area contributed by atoms with Gasteiger partial charge >= 0.3 is 0 Å². The fourth-order valence-electron chi connectivity index (χ4n) is 1.88. The Labute approximate surface area is 126 Å². The highest BCUT2D eigenvalue weighted by atomic mass is 35.5. The number of benzene rings is 2. The SMILES string of the molecule is CN(C(=O)Cc1cccc([N+](=O)[O-])c1)c1ccc(Cl)cc1. The van der Waals surface area contributed by atoms with Crippen LogP contribution in [0.5, 0.6) is 0 Å². The third-order valence-electron chi connectivity index (χ3n) is 3.06. The van der Waals surface area contributed by atoms with Crippen molar-refractivity contribution in [3.05, 3.63) is 69.2 Å². The molecule has 0 bridgehead atoms. The number of likely N-dealkylation sites (N-methyl/N-ethyl adjacent to an activating group) is 1. The van der Waals surface area contributed by atoms with Gasteiger partial charge < -0.3 is 4.90 Å². The minimum atomic E-state index is -0.475. The van der Waals surface area contributed by atoms with Gasteiger partial charge in [0.15, 0.2) is 0 Å². The van der Waals surface area contributed by atoms with Crippen LogP contribution in [-0.4, -0.2) is 17.9 Å². The average molecular weight is 305 g/mol. The molecule has 0 heterocycles. The zero-order valence-corrected chi connectivity index (χ0v) is 12.1. The Bertz CT molecular complexity index is 671. The third-order valence-corrected chi connectivity index (χ3v) is 3.32. The molecule has 0 aliphatic carbocycles. The summed E-state index contributed by atoms with van der Waals surface area (Å²) in [6.45, 7) is 0. The van der Waals surface area contributed by atoms with Gasteiger partial charge in [-0.3, -0.25) is 14.9 Å². The maximum atomic E-state index is 12.2. The average Bonchev–Trinajstić information content (AvgIpc) is 2.47. The van der Waals surface area contributed by atoms with Crippen molar-refractivity contribution < 1.29 is 9.72 Å². The maximum absolute atomic E-state index is 12.2. The first kappa shape index (κ1) is 15.0. The number of carbonyl (C=O) groups excluding carboxylic acids is 1. The molecule has 2 aromatic carbocycles. The zero-order valence-electron chi connectivity index (χ0n) is 11.3. The van der Waals surface area contributed by atoms with Gasteiger partial charge in [0, 0.05) is 29.9 Å². The number of nitrogens with zero attached hydrogens (tertiary/aromatic N) is 2. The number of nitro groups is 1. The molecule has 0 saturated heterocycles. The van der Waals surface area contributed by atoms with E-state index in [1.165, 1.54) is 17.0 Å². The molecule has 0 saturated carbocycles. The van der Waals surface area contributed by atoms with Gasteiger partial charge in [0.05, 0.1) is 11.3 Å². The number of hydrogen-bond donors (Lipinski definition) is 0. The van der Waals surface area contributed by atoms with Crippen molar-refractivity contribution in [2.24, 2.45) is 0 Å². The highest BCUT2D eigenvalue weighted by Crippen LogP contribution is 2.19. The first-order valence-corrected chi connectivity index (χ1v) is 6.60. The normalized spacial score (nSPS) is 10.2. The lowest BCUT2D eigenvalue weighted by molar-refractivity contribution is -0.384. The summed E-state index contributed by atoms with van der Waals surface area (Å²) >= 11 is 5.81. The first-order valence-electron chi connectivity index (χ1n) is 6.23. The number of halogens is 1. The number of non-ortho nitro benzene ring substituents is 1. The summed E-state index contributed by atoms with van der Waals surface area (Å²) in [5.74, 6) is -0.155. The molecule has 2 aromatic rings. The maximum Gasteiger partial charge on any atom is 0.269 e. The van der Waals surface area contributed by atoms with E-state index in [1.54, 1.807) is 43.4 Å². The zero-order chi connectivity index (χ0) is 15.4. The molecule has 2 rings (SSSR count). The Morgan fingerprint density at radius 2 is 1.90 bits per heavy atom. The van der Waals surface area contributed by atoms with Crippen molar-refractivity contribution in [2.75, 3.05) is 11.9 Å². The van der Waals surface area contributed by atoms with Crippen LogP contribution in [0.15, 0.2) is 48.5 Å². The van der Waals surface area contributed by atoms with Gasteiger partial charge in [-0.15, -0.1) is 0 Å². The second kappa shape index (κ2) is 6.37. The second-order valence-corrected chi connectivity index (χ2v) is 4.97. The Balaban J connectivity index is 2.12. The van der Waals surface area contributed by atoms with Crippen molar-refractivity contribution in [1.29, 1.82) is 0 Å². The standard InChI is InChI=1S/C15H13ClN2O3/c1-17(13-7-5-12(16)6-8-13)15(19)10-11-3-2-4-14(9-11)18(20)21/h2-9H,10H2,1H3. The summed E-state index contributed by atoms with van der Waals surface area (Å²) in [6, 6.07) is 13.0. The van der Waals surface area contributed by atoms with Crippen molar-refractivity contribution >= 4 is 28.9 Å². The van der Waals surface area contributed by atoms with E-state index in [2.05, 4.69) is 0 Å². The van der Waals surface area contributed by atoms with E-state index in [0.717, 1.165) is 5.69 Å². The Hall–Kier alpha value is -2.40. The van der Waals surface area contributed by atoms with E-state index in [9.17, 15) is 14.9 Å². The Morgan fingerprint density at radius 1 is 1.24 bits per heavy atom. The number of amides is 1. The highest BCUT2D eigenvalue weighted by Gasteiger charge is 2.13. The Morgan fingerprint density at radius 3 is 2.52 bits per heavy atom. The van der Waals surface area contributed by atoms with Crippen molar-refractivity contribution in [2.45, 2.75) is 6.42 Å². The minimum absolute atomic E-state index is 0.0190. The second-order valence-electron chi connectivity index (χ2n) is 4.53. The van der Waals surface area contributed by atoms with Crippen LogP contribution >= 0.6 is 11.6 Å². The number of hydrogen-bond acceptors (Lipinski definition) is 3. The fourth-order valence-corrected chi connectivity index (χ4v) is 2.01. The van der Waals surface area contributed by atoms with Crippen molar-refractivity contribution in [1.82, 2.24) is 0 Å². The predicted octanol–water partition coefficient (Wildman–Crippen LogP) is 3.45. The van der Waals surface area contributed by atoms with Gasteiger partial charge in [-0.25, -0.2) is 0 Å². The summed E-state index contributed by atoms with van der Waals surface area (Å²) < 4.78 is 0. The van der Waals surface area contributed by atoms with Crippen molar-refractivity contribution in [3.8, 4) is 0 Å².